The Balaban J connectivity index is 0.0000001000. The predicted molar refractivity (Wildman–Crippen MR) is 50.3 cm³/mol. The average molecular weight is 152 g/mol. The van der Waals surface area contributed by atoms with E-state index < -0.39 is 0 Å². The van der Waals surface area contributed by atoms with Gasteiger partial charge in [-0.25, -0.2) is 0 Å². The maximum atomic E-state index is 2.04. The first-order valence-electron chi connectivity index (χ1n) is 3.97. The molecule has 0 saturated carbocycles. The maximum Gasteiger partial charge on any atom is 0.120 e. The second kappa shape index (κ2) is 5.54. The van der Waals surface area contributed by atoms with Gasteiger partial charge in [0, 0.05) is 0 Å². The molecule has 1 aliphatic rings. The van der Waals surface area contributed by atoms with Crippen molar-refractivity contribution >= 4 is 18.6 Å². The molecule has 2 heterocycles. The Morgan fingerprint density at radius 2 is 1.60 bits per heavy atom. The molecule has 0 spiro atoms. The summed E-state index contributed by atoms with van der Waals surface area (Å²) in [6.07, 6.45) is 6.00. The van der Waals surface area contributed by atoms with Crippen LogP contribution in [0.25, 0.3) is 0 Å². The molecule has 1 fully saturated rings. The summed E-state index contributed by atoms with van der Waals surface area (Å²) in [6, 6.07) is 4.04. The van der Waals surface area contributed by atoms with Crippen molar-refractivity contribution in [2.24, 2.45) is 0 Å². The van der Waals surface area contributed by atoms with Crippen LogP contribution in [0.15, 0.2) is 22.9 Å². The summed E-state index contributed by atoms with van der Waals surface area (Å²) in [6.45, 7) is 0. The van der Waals surface area contributed by atoms with Crippen molar-refractivity contribution in [3.63, 3.8) is 0 Å². The van der Waals surface area contributed by atoms with Crippen LogP contribution in [-0.2, 0) is 0 Å². The van der Waals surface area contributed by atoms with Gasteiger partial charge in [0.1, 0.15) is 7.28 Å². The lowest BCUT2D eigenvalue weighted by atomic mass is 9.77. The minimum absolute atomic E-state index is 1.50. The van der Waals surface area contributed by atoms with E-state index in [0.717, 1.165) is 0 Å². The van der Waals surface area contributed by atoms with E-state index in [-0.39, 0.29) is 0 Å². The monoisotopic (exact) mass is 152 g/mol. The van der Waals surface area contributed by atoms with Gasteiger partial charge >= 0.3 is 0 Å². The van der Waals surface area contributed by atoms with Crippen LogP contribution in [0.1, 0.15) is 12.8 Å². The second-order valence-electron chi connectivity index (χ2n) is 2.56. The summed E-state index contributed by atoms with van der Waals surface area (Å²) in [5.41, 5.74) is 0. The highest BCUT2D eigenvalue weighted by Crippen LogP contribution is 2.09. The molecule has 54 valence electrons. The fourth-order valence-electron chi connectivity index (χ4n) is 1.11. The molecular weight excluding hydrogens is 139 g/mol. The molecule has 0 radical (unpaired) electrons. The van der Waals surface area contributed by atoms with Gasteiger partial charge in [-0.1, -0.05) is 37.6 Å². The Morgan fingerprint density at radius 1 is 1.00 bits per heavy atom. The minimum Gasteiger partial charge on any atom is -0.152 e. The summed E-state index contributed by atoms with van der Waals surface area (Å²) in [4.78, 5) is 0. The van der Waals surface area contributed by atoms with E-state index in [0.29, 0.717) is 0 Å². The zero-order valence-electron chi connectivity index (χ0n) is 6.25. The molecule has 0 bridgehead atoms. The predicted octanol–water partition coefficient (Wildman–Crippen LogP) is 2.80. The molecular formula is C8H13BS. The van der Waals surface area contributed by atoms with Crippen molar-refractivity contribution in [3.05, 3.63) is 22.9 Å². The van der Waals surface area contributed by atoms with E-state index in [2.05, 4.69) is 0 Å². The Morgan fingerprint density at radius 3 is 1.80 bits per heavy atom. The number of hydrogen-bond donors (Lipinski definition) is 0. The Labute approximate surface area is 67.5 Å². The summed E-state index contributed by atoms with van der Waals surface area (Å²) < 4.78 is 0. The summed E-state index contributed by atoms with van der Waals surface area (Å²) in [7, 11) is 1.50. The highest BCUT2D eigenvalue weighted by molar-refractivity contribution is 7.07. The Bertz CT molecular complexity index is 108. The van der Waals surface area contributed by atoms with Crippen molar-refractivity contribution in [2.45, 2.75) is 25.5 Å². The fourth-order valence-corrected chi connectivity index (χ4v) is 1.56. The van der Waals surface area contributed by atoms with Crippen molar-refractivity contribution in [1.29, 1.82) is 0 Å². The SMILES string of the molecule is B1CCCC1.c1ccsc1. The van der Waals surface area contributed by atoms with E-state index in [4.69, 9.17) is 0 Å². The van der Waals surface area contributed by atoms with E-state index in [1.54, 1.807) is 11.3 Å². The summed E-state index contributed by atoms with van der Waals surface area (Å²) in [5, 5.41) is 4.08. The first kappa shape index (κ1) is 7.87. The number of thiophene rings is 1. The summed E-state index contributed by atoms with van der Waals surface area (Å²) in [5.74, 6) is 0. The summed E-state index contributed by atoms with van der Waals surface area (Å²) >= 11 is 1.71. The van der Waals surface area contributed by atoms with Gasteiger partial charge in [-0.15, -0.1) is 0 Å². The minimum atomic E-state index is 1.50. The molecule has 0 unspecified atom stereocenters. The van der Waals surface area contributed by atoms with Crippen molar-refractivity contribution in [2.75, 3.05) is 0 Å². The number of rotatable bonds is 0. The second-order valence-corrected chi connectivity index (χ2v) is 3.38. The van der Waals surface area contributed by atoms with Gasteiger partial charge in [0.15, 0.2) is 0 Å². The standard InChI is InChI=1S/C4H9B.C4H4S/c2*1-2-4-5-3-1/h5H,1-4H2;1-4H. The van der Waals surface area contributed by atoms with E-state index in [1.807, 2.05) is 22.9 Å². The number of hydrogen-bond acceptors (Lipinski definition) is 1. The molecule has 1 saturated heterocycles. The third-order valence-corrected chi connectivity index (χ3v) is 2.30. The smallest absolute Gasteiger partial charge is 0.120 e. The van der Waals surface area contributed by atoms with Gasteiger partial charge in [-0.3, -0.25) is 0 Å². The van der Waals surface area contributed by atoms with Crippen LogP contribution in [-0.4, -0.2) is 7.28 Å². The van der Waals surface area contributed by atoms with Crippen LogP contribution in [0.3, 0.4) is 0 Å². The van der Waals surface area contributed by atoms with Crippen LogP contribution >= 0.6 is 11.3 Å². The Kier molecular flexibility index (Phi) is 4.36. The van der Waals surface area contributed by atoms with Gasteiger partial charge in [0.2, 0.25) is 0 Å². The van der Waals surface area contributed by atoms with Crippen molar-refractivity contribution in [1.82, 2.24) is 0 Å². The molecule has 2 rings (SSSR count). The molecule has 0 nitrogen and oxygen atoms in total. The third kappa shape index (κ3) is 3.73. The van der Waals surface area contributed by atoms with Gasteiger partial charge < -0.3 is 0 Å². The van der Waals surface area contributed by atoms with E-state index in [1.165, 1.54) is 32.8 Å². The molecule has 1 aromatic rings. The van der Waals surface area contributed by atoms with Crippen LogP contribution in [0, 0.1) is 0 Å². The van der Waals surface area contributed by atoms with E-state index in [9.17, 15) is 0 Å². The van der Waals surface area contributed by atoms with Crippen LogP contribution in [0.5, 0.6) is 0 Å². The van der Waals surface area contributed by atoms with Gasteiger partial charge in [-0.05, 0) is 10.8 Å². The molecule has 1 aliphatic heterocycles. The lowest BCUT2D eigenvalue weighted by molar-refractivity contribution is 0.935. The zero-order valence-corrected chi connectivity index (χ0v) is 7.07. The largest absolute Gasteiger partial charge is 0.152 e. The van der Waals surface area contributed by atoms with Crippen molar-refractivity contribution in [3.8, 4) is 0 Å². The van der Waals surface area contributed by atoms with Gasteiger partial charge in [0.05, 0.1) is 0 Å². The first-order chi connectivity index (χ1) is 5.00. The fraction of sp³-hybridized carbons (Fsp3) is 0.500. The van der Waals surface area contributed by atoms with Crippen molar-refractivity contribution < 1.29 is 0 Å². The third-order valence-electron chi connectivity index (χ3n) is 1.68. The lowest BCUT2D eigenvalue weighted by Crippen LogP contribution is -1.68. The quantitative estimate of drug-likeness (QED) is 0.501. The molecule has 0 amide bonds. The molecule has 2 heteroatoms. The Hall–Kier alpha value is -0.235. The van der Waals surface area contributed by atoms with Crippen LogP contribution < -0.4 is 0 Å². The topological polar surface area (TPSA) is 0 Å². The highest BCUT2D eigenvalue weighted by Gasteiger charge is 1.97. The van der Waals surface area contributed by atoms with Gasteiger partial charge in [-0.2, -0.15) is 11.3 Å². The van der Waals surface area contributed by atoms with E-state index >= 15 is 0 Å². The molecule has 0 N–H and O–H groups in total. The highest BCUT2D eigenvalue weighted by atomic mass is 32.1. The van der Waals surface area contributed by atoms with Crippen LogP contribution in [0.2, 0.25) is 12.6 Å². The lowest BCUT2D eigenvalue weighted by Gasteiger charge is -1.68. The molecule has 0 atom stereocenters. The normalized spacial score (nSPS) is 15.2. The first-order valence-corrected chi connectivity index (χ1v) is 4.91. The maximum absolute atomic E-state index is 2.04. The van der Waals surface area contributed by atoms with Gasteiger partial charge in [0.25, 0.3) is 0 Å². The molecule has 0 aliphatic carbocycles. The zero-order chi connectivity index (χ0) is 7.07. The molecule has 10 heavy (non-hydrogen) atoms. The average Bonchev–Trinajstić information content (AvgIpc) is 2.67. The molecule has 0 aromatic carbocycles. The van der Waals surface area contributed by atoms with Crippen LogP contribution in [0.4, 0.5) is 0 Å². The molecule has 1 aromatic heterocycles.